The van der Waals surface area contributed by atoms with Crippen molar-refractivity contribution in [1.29, 1.82) is 0 Å². The Labute approximate surface area is 337 Å². The third-order valence-electron chi connectivity index (χ3n) is 12.1. The highest BCUT2D eigenvalue weighted by Gasteiger charge is 2.71. The van der Waals surface area contributed by atoms with E-state index in [0.717, 1.165) is 16.1 Å². The topological polar surface area (TPSA) is 125 Å². The largest absolute Gasteiger partial charge is 0.508 e. The van der Waals surface area contributed by atoms with E-state index in [4.69, 9.17) is 44.3 Å². The van der Waals surface area contributed by atoms with Gasteiger partial charge in [0.2, 0.25) is 11.8 Å². The Morgan fingerprint density at radius 3 is 2.39 bits per heavy atom. The third kappa shape index (κ3) is 5.37. The molecule has 2 aliphatic carbocycles. The lowest BCUT2D eigenvalue weighted by Crippen LogP contribution is -2.55. The molecule has 2 N–H and O–H groups in total. The van der Waals surface area contributed by atoms with Crippen LogP contribution in [-0.4, -0.2) is 40.9 Å². The Morgan fingerprint density at radius 2 is 1.66 bits per heavy atom. The van der Waals surface area contributed by atoms with E-state index in [-0.39, 0.29) is 41.8 Å². The molecule has 3 heterocycles. The number of imide groups is 2. The van der Waals surface area contributed by atoms with Gasteiger partial charge in [-0.15, -0.1) is 0 Å². The van der Waals surface area contributed by atoms with Crippen molar-refractivity contribution < 1.29 is 33.8 Å². The SMILES string of the molecule is COc1ccc(C23C(=O)N(Nc4ccc(Cl)cc4Cl)C(=O)C2CC2C(=CCC4C(=O)N(c5ccc(C)c(Cl)c5)C(=O)C42)C3C2=COc3ccc(O)cc3C2)cc1. The number of hydrogen-bond acceptors (Lipinski definition) is 8. The number of fused-ring (bicyclic) bond motifs is 5. The van der Waals surface area contributed by atoms with Crippen LogP contribution in [0.25, 0.3) is 0 Å². The third-order valence-corrected chi connectivity index (χ3v) is 13.1. The van der Waals surface area contributed by atoms with Gasteiger partial charge in [0.05, 0.1) is 52.9 Å². The van der Waals surface area contributed by atoms with Gasteiger partial charge in [-0.1, -0.05) is 64.7 Å². The number of aryl methyl sites for hydroxylation is 1. The summed E-state index contributed by atoms with van der Waals surface area (Å²) in [4.78, 5) is 60.7. The zero-order valence-electron chi connectivity index (χ0n) is 30.1. The van der Waals surface area contributed by atoms with Crippen molar-refractivity contribution in [3.05, 3.63) is 134 Å². The molecule has 1 saturated carbocycles. The molecule has 4 aromatic rings. The minimum absolute atomic E-state index is 0.0475. The normalized spacial score (nSPS) is 26.5. The number of halogens is 3. The predicted molar refractivity (Wildman–Crippen MR) is 211 cm³/mol. The van der Waals surface area contributed by atoms with Crippen molar-refractivity contribution in [2.24, 2.45) is 29.6 Å². The Kier molecular flexibility index (Phi) is 8.72. The maximum atomic E-state index is 15.5. The number of phenols is 1. The van der Waals surface area contributed by atoms with Crippen molar-refractivity contribution >= 4 is 69.8 Å². The minimum atomic E-state index is -1.55. The van der Waals surface area contributed by atoms with Crippen molar-refractivity contribution in [2.75, 3.05) is 17.4 Å². The van der Waals surface area contributed by atoms with Crippen LogP contribution in [0.1, 0.15) is 29.5 Å². The van der Waals surface area contributed by atoms with Gasteiger partial charge in [0.15, 0.2) is 0 Å². The van der Waals surface area contributed by atoms with Crippen LogP contribution < -0.4 is 19.8 Å². The zero-order valence-corrected chi connectivity index (χ0v) is 32.4. The number of rotatable bonds is 6. The average molecular weight is 811 g/mol. The van der Waals surface area contributed by atoms with Crippen LogP contribution in [0.3, 0.4) is 0 Å². The second kappa shape index (κ2) is 13.4. The molecule has 0 bridgehead atoms. The van der Waals surface area contributed by atoms with E-state index in [1.54, 1.807) is 80.1 Å². The molecule has 5 aliphatic rings. The number of nitrogens with zero attached hydrogens (tertiary/aromatic N) is 2. The Morgan fingerprint density at radius 1 is 0.875 bits per heavy atom. The van der Waals surface area contributed by atoms with Crippen molar-refractivity contribution in [3.8, 4) is 17.2 Å². The van der Waals surface area contributed by atoms with E-state index in [1.165, 1.54) is 17.0 Å². The standard InChI is InChI=1S/C43H34Cl3N3O7/c1-21-3-7-26(18-33(21)45)48-39(51)30-12-11-29-31(37(30)41(48)53)19-32-40(52)49(47-35-13-6-25(44)17-34(35)46)42(54)43(32,24-4-9-28(55-2)10-5-24)38(29)23-15-22-16-27(50)8-14-36(22)56-20-23/h3-11,13-14,16-18,20,30-32,37-38,47,50H,12,15,19H2,1-2H3. The molecule has 9 rings (SSSR count). The van der Waals surface area contributed by atoms with Crippen LogP contribution in [0.4, 0.5) is 11.4 Å². The Bertz CT molecular complexity index is 2450. The highest BCUT2D eigenvalue weighted by molar-refractivity contribution is 6.36. The summed E-state index contributed by atoms with van der Waals surface area (Å²) in [6, 6.07) is 21.7. The molecule has 0 spiro atoms. The number of carbonyl (C=O) groups excluding carboxylic acids is 4. The first kappa shape index (κ1) is 36.4. The molecule has 4 amide bonds. The summed E-state index contributed by atoms with van der Waals surface area (Å²) in [5.41, 5.74) is 5.64. The maximum absolute atomic E-state index is 15.5. The number of allylic oxidation sites excluding steroid dienone is 3. The van der Waals surface area contributed by atoms with Gasteiger partial charge in [0, 0.05) is 27.9 Å². The van der Waals surface area contributed by atoms with Gasteiger partial charge >= 0.3 is 0 Å². The molecule has 10 nitrogen and oxygen atoms in total. The van der Waals surface area contributed by atoms with Crippen LogP contribution in [-0.2, 0) is 31.0 Å². The summed E-state index contributed by atoms with van der Waals surface area (Å²) >= 11 is 19.3. The number of carbonyl (C=O) groups is 4. The predicted octanol–water partition coefficient (Wildman–Crippen LogP) is 8.21. The van der Waals surface area contributed by atoms with Gasteiger partial charge < -0.3 is 14.6 Å². The van der Waals surface area contributed by atoms with Gasteiger partial charge in [0.1, 0.15) is 17.2 Å². The lowest BCUT2D eigenvalue weighted by Gasteiger charge is -2.51. The summed E-state index contributed by atoms with van der Waals surface area (Å²) in [6.07, 6.45) is 4.22. The molecule has 4 aromatic carbocycles. The minimum Gasteiger partial charge on any atom is -0.508 e. The fourth-order valence-corrected chi connectivity index (χ4v) is 10.3. The second-order valence-corrected chi connectivity index (χ2v) is 16.2. The number of aromatic hydroxyl groups is 1. The van der Waals surface area contributed by atoms with Crippen LogP contribution >= 0.6 is 34.8 Å². The van der Waals surface area contributed by atoms with Crippen molar-refractivity contribution in [2.45, 2.75) is 31.6 Å². The number of methoxy groups -OCH3 is 1. The van der Waals surface area contributed by atoms with E-state index in [0.29, 0.717) is 49.6 Å². The highest BCUT2D eigenvalue weighted by atomic mass is 35.5. The second-order valence-electron chi connectivity index (χ2n) is 14.9. The lowest BCUT2D eigenvalue weighted by atomic mass is 9.48. The fourth-order valence-electron chi connectivity index (χ4n) is 9.63. The van der Waals surface area contributed by atoms with Crippen LogP contribution in [0.5, 0.6) is 17.2 Å². The van der Waals surface area contributed by atoms with Crippen LogP contribution in [0, 0.1) is 36.5 Å². The summed E-state index contributed by atoms with van der Waals surface area (Å²) in [6.45, 7) is 1.84. The molecule has 3 aliphatic heterocycles. The summed E-state index contributed by atoms with van der Waals surface area (Å²) in [5.74, 6) is -4.52. The fraction of sp³-hybridized carbons (Fsp3) is 0.256. The van der Waals surface area contributed by atoms with Crippen LogP contribution in [0.2, 0.25) is 15.1 Å². The van der Waals surface area contributed by atoms with Crippen LogP contribution in [0.15, 0.2) is 102 Å². The summed E-state index contributed by atoms with van der Waals surface area (Å²) < 4.78 is 11.7. The average Bonchev–Trinajstić information content (AvgIpc) is 3.57. The molecule has 2 saturated heterocycles. The molecule has 3 fully saturated rings. The molecular formula is C43H34Cl3N3O7. The molecule has 6 unspecified atom stereocenters. The van der Waals surface area contributed by atoms with E-state index in [1.807, 2.05) is 13.0 Å². The molecule has 6 atom stereocenters. The number of amides is 4. The first-order valence-corrected chi connectivity index (χ1v) is 19.3. The van der Waals surface area contributed by atoms with E-state index in [9.17, 15) is 14.7 Å². The number of hydrogen-bond donors (Lipinski definition) is 2. The maximum Gasteiger partial charge on any atom is 0.260 e. The zero-order chi connectivity index (χ0) is 39.2. The molecular weight excluding hydrogens is 777 g/mol. The Balaban J connectivity index is 1.23. The summed E-state index contributed by atoms with van der Waals surface area (Å²) in [7, 11) is 1.55. The number of benzene rings is 4. The van der Waals surface area contributed by atoms with Gasteiger partial charge in [-0.25, -0.2) is 4.90 Å². The highest BCUT2D eigenvalue weighted by Crippen LogP contribution is 2.63. The molecule has 284 valence electrons. The van der Waals surface area contributed by atoms with Gasteiger partial charge in [-0.3, -0.25) is 24.6 Å². The number of anilines is 2. The van der Waals surface area contributed by atoms with E-state index >= 15 is 9.59 Å². The monoisotopic (exact) mass is 809 g/mol. The van der Waals surface area contributed by atoms with Gasteiger partial charge in [0.25, 0.3) is 11.8 Å². The van der Waals surface area contributed by atoms with E-state index < -0.39 is 46.8 Å². The van der Waals surface area contributed by atoms with Crippen molar-refractivity contribution in [3.63, 3.8) is 0 Å². The number of nitrogens with one attached hydrogen (secondary N) is 1. The van der Waals surface area contributed by atoms with Crippen molar-refractivity contribution in [1.82, 2.24) is 5.01 Å². The molecule has 0 radical (unpaired) electrons. The number of phenolic OH excluding ortho intramolecular Hbond substituents is 1. The lowest BCUT2D eigenvalue weighted by molar-refractivity contribution is -0.139. The number of hydrazine groups is 1. The summed E-state index contributed by atoms with van der Waals surface area (Å²) in [5, 5.41) is 12.5. The number of ether oxygens (including phenoxy) is 2. The quantitative estimate of drug-likeness (QED) is 0.148. The first-order valence-electron chi connectivity index (χ1n) is 18.2. The van der Waals surface area contributed by atoms with Gasteiger partial charge in [-0.05, 0) is 103 Å². The molecule has 0 aromatic heterocycles. The molecule has 13 heteroatoms. The molecule has 56 heavy (non-hydrogen) atoms. The smallest absolute Gasteiger partial charge is 0.260 e. The van der Waals surface area contributed by atoms with Gasteiger partial charge in [-0.2, -0.15) is 5.01 Å². The first-order chi connectivity index (χ1) is 26.9. The van der Waals surface area contributed by atoms with E-state index in [2.05, 4.69) is 5.43 Å². The Hall–Kier alpha value is -5.29.